The van der Waals surface area contributed by atoms with Crippen LogP contribution >= 0.6 is 0 Å². The number of hydrogen-bond acceptors (Lipinski definition) is 1. The fraction of sp³-hybridized carbons (Fsp3) is 0.0952. The van der Waals surface area contributed by atoms with Gasteiger partial charge in [-0.15, -0.1) is 0 Å². The van der Waals surface area contributed by atoms with Crippen molar-refractivity contribution in [3.63, 3.8) is 0 Å². The third-order valence-electron chi connectivity index (χ3n) is 4.43. The molecule has 0 N–H and O–H groups in total. The van der Waals surface area contributed by atoms with Crippen molar-refractivity contribution in [2.75, 3.05) is 0 Å². The summed E-state index contributed by atoms with van der Waals surface area (Å²) in [5, 5.41) is 0. The number of nitrogens with zero attached hydrogens (tertiary/aromatic N) is 1. The standard InChI is InChI=1S/C21H16N.2ClH.Cr/c1-2-9-17(10-3-1)21(20-12-6-7-15-22-20)19-14-13-16-8-4-5-11-18(16)19;;;/h1-13,15,19,21H;2*1H;/q;;;+2/p-2. The summed E-state index contributed by atoms with van der Waals surface area (Å²) in [5.74, 6) is 0.511. The van der Waals surface area contributed by atoms with Gasteiger partial charge in [-0.1, -0.05) is 0 Å². The molecule has 3 aromatic rings. The summed E-state index contributed by atoms with van der Waals surface area (Å²) in [4.78, 5) is 4.67. The van der Waals surface area contributed by atoms with Crippen molar-refractivity contribution in [3.8, 4) is 0 Å². The van der Waals surface area contributed by atoms with Crippen molar-refractivity contribution in [3.05, 3.63) is 106 Å². The molecule has 0 amide bonds. The number of halogens is 2. The van der Waals surface area contributed by atoms with E-state index < -0.39 is 0 Å². The Labute approximate surface area is 169 Å². The van der Waals surface area contributed by atoms with E-state index in [2.05, 4.69) is 94.1 Å². The summed E-state index contributed by atoms with van der Waals surface area (Å²) in [5.41, 5.74) is 5.10. The molecule has 1 aliphatic carbocycles. The molecule has 1 heterocycles. The Hall–Kier alpha value is -1.56. The van der Waals surface area contributed by atoms with E-state index in [-0.39, 0.29) is 30.7 Å². The first kappa shape index (κ1) is 19.8. The first-order valence-corrected chi connectivity index (χ1v) is 8.42. The van der Waals surface area contributed by atoms with Gasteiger partial charge in [0, 0.05) is 0 Å². The zero-order valence-electron chi connectivity index (χ0n) is 13.3. The molecule has 0 radical (unpaired) electrons. The van der Waals surface area contributed by atoms with Crippen LogP contribution in [0, 0.1) is 0 Å². The van der Waals surface area contributed by atoms with Crippen molar-refractivity contribution >= 4 is 6.08 Å². The molecule has 1 nitrogen and oxygen atoms in total. The van der Waals surface area contributed by atoms with Gasteiger partial charge in [-0.25, -0.2) is 0 Å². The predicted molar refractivity (Wildman–Crippen MR) is 89.7 cm³/mol. The molecule has 1 aliphatic rings. The molecule has 2 unspecified atom stereocenters. The summed E-state index contributed by atoms with van der Waals surface area (Å²) < 4.78 is 1.28. The number of allylic oxidation sites excluding steroid dienone is 1. The van der Waals surface area contributed by atoms with Gasteiger partial charge in [0.15, 0.2) is 0 Å². The van der Waals surface area contributed by atoms with E-state index in [1.165, 1.54) is 21.1 Å². The monoisotopic (exact) mass is 404 g/mol. The Balaban J connectivity index is 0.00000113. The molecule has 25 heavy (non-hydrogen) atoms. The van der Waals surface area contributed by atoms with Gasteiger partial charge in [0.2, 0.25) is 0 Å². The quantitative estimate of drug-likeness (QED) is 0.540. The molecule has 4 rings (SSSR count). The van der Waals surface area contributed by atoms with E-state index >= 15 is 0 Å². The summed E-state index contributed by atoms with van der Waals surface area (Å²) >= 11 is 3.29. The molecular weight excluding hydrogens is 389 g/mol. The number of aromatic nitrogens is 1. The number of hydrogen-bond donors (Lipinski definition) is 0. The number of rotatable bonds is 3. The molecule has 2 aromatic carbocycles. The van der Waals surface area contributed by atoms with E-state index in [4.69, 9.17) is 0 Å². The molecule has 0 aliphatic heterocycles. The fourth-order valence-electron chi connectivity index (χ4n) is 3.42. The van der Waals surface area contributed by atoms with Crippen LogP contribution < -0.4 is 24.8 Å². The van der Waals surface area contributed by atoms with Crippen LogP contribution in [0.5, 0.6) is 0 Å². The zero-order chi connectivity index (χ0) is 15.6. The Morgan fingerprint density at radius 2 is 1.48 bits per heavy atom. The average molecular weight is 405 g/mol. The van der Waals surface area contributed by atoms with Crippen LogP contribution in [0.3, 0.4) is 0 Å². The minimum atomic E-state index is 0. The predicted octanol–water partition coefficient (Wildman–Crippen LogP) is -1.09. The van der Waals surface area contributed by atoms with Crippen molar-refractivity contribution in [1.29, 1.82) is 0 Å². The molecule has 0 fully saturated rings. The third kappa shape index (κ3) is 3.84. The molecule has 2 atom stereocenters. The molecule has 125 valence electrons. The molecule has 0 saturated heterocycles. The topological polar surface area (TPSA) is 12.9 Å². The van der Waals surface area contributed by atoms with Gasteiger partial charge >= 0.3 is 145 Å². The van der Waals surface area contributed by atoms with Crippen LogP contribution in [0.15, 0.2) is 83.4 Å². The van der Waals surface area contributed by atoms with E-state index in [1.807, 2.05) is 12.3 Å². The minimum absolute atomic E-state index is 0. The van der Waals surface area contributed by atoms with Crippen LogP contribution in [-0.4, -0.2) is 4.98 Å². The van der Waals surface area contributed by atoms with Gasteiger partial charge in [0.25, 0.3) is 0 Å². The van der Waals surface area contributed by atoms with Crippen LogP contribution in [0.1, 0.15) is 34.2 Å². The van der Waals surface area contributed by atoms with Gasteiger partial charge in [-0.05, 0) is 0 Å². The maximum atomic E-state index is 4.67. The van der Waals surface area contributed by atoms with Gasteiger partial charge in [-0.2, -0.15) is 0 Å². The maximum absolute atomic E-state index is 4.67. The van der Waals surface area contributed by atoms with Gasteiger partial charge in [-0.3, -0.25) is 0 Å². The van der Waals surface area contributed by atoms with Gasteiger partial charge < -0.3 is 24.8 Å². The van der Waals surface area contributed by atoms with Crippen LogP contribution in [-0.2, 0) is 16.3 Å². The SMILES string of the molecule is [Cl-].[Cl-].[Cr+2][C]1=Cc2ccccc2C1C(c1ccccc1)c1ccccn1. The Kier molecular flexibility index (Phi) is 6.88. The number of fused-ring (bicyclic) bond motifs is 1. The van der Waals surface area contributed by atoms with E-state index in [0.29, 0.717) is 5.92 Å². The Morgan fingerprint density at radius 1 is 0.800 bits per heavy atom. The first-order chi connectivity index (χ1) is 11.3. The molecular formula is C21H16Cl2CrN. The summed E-state index contributed by atoms with van der Waals surface area (Å²) in [6, 6.07) is 25.5. The average Bonchev–Trinajstić information content (AvgIpc) is 2.94. The molecule has 0 bridgehead atoms. The van der Waals surface area contributed by atoms with E-state index in [0.717, 1.165) is 5.69 Å². The zero-order valence-corrected chi connectivity index (χ0v) is 16.1. The van der Waals surface area contributed by atoms with Crippen molar-refractivity contribution < 1.29 is 41.1 Å². The van der Waals surface area contributed by atoms with Crippen molar-refractivity contribution in [2.45, 2.75) is 11.8 Å². The van der Waals surface area contributed by atoms with Gasteiger partial charge in [0.1, 0.15) is 0 Å². The summed E-state index contributed by atoms with van der Waals surface area (Å²) in [7, 11) is 0. The van der Waals surface area contributed by atoms with E-state index in [9.17, 15) is 0 Å². The molecule has 4 heteroatoms. The normalized spacial score (nSPS) is 16.0. The second kappa shape index (κ2) is 8.70. The fourth-order valence-corrected chi connectivity index (χ4v) is 4.03. The van der Waals surface area contributed by atoms with Crippen molar-refractivity contribution in [2.24, 2.45) is 0 Å². The van der Waals surface area contributed by atoms with Crippen LogP contribution in [0.25, 0.3) is 6.08 Å². The third-order valence-corrected chi connectivity index (χ3v) is 5.01. The first-order valence-electron chi connectivity index (χ1n) is 7.78. The summed E-state index contributed by atoms with van der Waals surface area (Å²) in [6.07, 6.45) is 4.15. The summed E-state index contributed by atoms with van der Waals surface area (Å²) in [6.45, 7) is 0. The second-order valence-corrected chi connectivity index (χ2v) is 6.53. The van der Waals surface area contributed by atoms with E-state index in [1.54, 1.807) is 0 Å². The van der Waals surface area contributed by atoms with Crippen LogP contribution in [0.4, 0.5) is 0 Å². The van der Waals surface area contributed by atoms with Gasteiger partial charge in [0.05, 0.1) is 0 Å². The number of benzene rings is 2. The number of pyridine rings is 1. The second-order valence-electron chi connectivity index (χ2n) is 5.80. The molecule has 1 aromatic heterocycles. The Bertz CT molecular complexity index is 811. The Morgan fingerprint density at radius 3 is 2.20 bits per heavy atom. The van der Waals surface area contributed by atoms with Crippen LogP contribution in [0.2, 0.25) is 0 Å². The molecule has 0 saturated carbocycles. The van der Waals surface area contributed by atoms with Crippen molar-refractivity contribution in [1.82, 2.24) is 4.98 Å². The molecule has 0 spiro atoms.